The van der Waals surface area contributed by atoms with Gasteiger partial charge in [0.2, 0.25) is 11.8 Å². The summed E-state index contributed by atoms with van der Waals surface area (Å²) in [5.41, 5.74) is 0.00597. The first-order chi connectivity index (χ1) is 14.8. The molecule has 0 spiro atoms. The van der Waals surface area contributed by atoms with Crippen molar-refractivity contribution in [3.63, 3.8) is 0 Å². The van der Waals surface area contributed by atoms with E-state index in [4.69, 9.17) is 4.74 Å². The molecule has 0 saturated carbocycles. The van der Waals surface area contributed by atoms with E-state index in [1.54, 1.807) is 17.2 Å². The minimum Gasteiger partial charge on any atom is -0.444 e. The number of anilines is 2. The van der Waals surface area contributed by atoms with E-state index in [0.717, 1.165) is 5.69 Å². The number of pyridine rings is 1. The summed E-state index contributed by atoms with van der Waals surface area (Å²) in [7, 11) is 0. The third kappa shape index (κ3) is 8.36. The molecule has 2 heterocycles. The van der Waals surface area contributed by atoms with Crippen molar-refractivity contribution in [1.29, 1.82) is 0 Å². The van der Waals surface area contributed by atoms with Gasteiger partial charge in [0, 0.05) is 44.6 Å². The average Bonchev–Trinajstić information content (AvgIpc) is 2.70. The molecule has 1 fully saturated rings. The SMILES string of the molecule is CC(C)(C)OC(=O)N1CCN(c2ccc(NC(=O)CCCNC(=O)C(C)(C)C)nc2)CC1. The van der Waals surface area contributed by atoms with Gasteiger partial charge in [0.05, 0.1) is 11.9 Å². The number of amides is 3. The Balaban J connectivity index is 1.74. The van der Waals surface area contributed by atoms with Crippen LogP contribution in [0.4, 0.5) is 16.3 Å². The second-order valence-corrected chi connectivity index (χ2v) is 10.0. The number of piperazine rings is 1. The van der Waals surface area contributed by atoms with E-state index in [-0.39, 0.29) is 17.9 Å². The van der Waals surface area contributed by atoms with Crippen LogP contribution in [-0.2, 0) is 14.3 Å². The van der Waals surface area contributed by atoms with E-state index in [1.165, 1.54) is 0 Å². The smallest absolute Gasteiger partial charge is 0.410 e. The average molecular weight is 448 g/mol. The molecule has 1 aliphatic heterocycles. The van der Waals surface area contributed by atoms with Crippen molar-refractivity contribution >= 4 is 29.4 Å². The van der Waals surface area contributed by atoms with Crippen LogP contribution in [0.3, 0.4) is 0 Å². The number of carbonyl (C=O) groups is 3. The zero-order valence-corrected chi connectivity index (χ0v) is 20.2. The number of nitrogens with one attached hydrogen (secondary N) is 2. The number of ether oxygens (including phenoxy) is 1. The maximum absolute atomic E-state index is 12.2. The van der Waals surface area contributed by atoms with E-state index in [2.05, 4.69) is 20.5 Å². The molecule has 0 bridgehead atoms. The van der Waals surface area contributed by atoms with E-state index in [9.17, 15) is 14.4 Å². The van der Waals surface area contributed by atoms with Crippen LogP contribution in [-0.4, -0.2) is 66.1 Å². The van der Waals surface area contributed by atoms with Gasteiger partial charge in [-0.25, -0.2) is 9.78 Å². The Labute approximate surface area is 190 Å². The van der Waals surface area contributed by atoms with Crippen molar-refractivity contribution in [2.75, 3.05) is 42.9 Å². The van der Waals surface area contributed by atoms with Gasteiger partial charge in [-0.05, 0) is 39.3 Å². The second kappa shape index (κ2) is 10.7. The number of hydrogen-bond donors (Lipinski definition) is 2. The zero-order valence-electron chi connectivity index (χ0n) is 20.2. The maximum Gasteiger partial charge on any atom is 0.410 e. The van der Waals surface area contributed by atoms with Gasteiger partial charge < -0.3 is 25.2 Å². The third-order valence-electron chi connectivity index (χ3n) is 4.86. The fourth-order valence-corrected chi connectivity index (χ4v) is 3.04. The standard InChI is InChI=1S/C23H37N5O4/c1-22(2,3)20(30)24-11-7-8-19(29)26-18-10-9-17(16-25-18)27-12-14-28(15-13-27)21(31)32-23(4,5)6/h9-10,16H,7-8,11-15H2,1-6H3,(H,24,30)(H,25,26,29). The minimum atomic E-state index is -0.501. The molecule has 3 amide bonds. The highest BCUT2D eigenvalue weighted by atomic mass is 16.6. The Morgan fingerprint density at radius 3 is 2.22 bits per heavy atom. The zero-order chi connectivity index (χ0) is 23.9. The molecule has 2 N–H and O–H groups in total. The minimum absolute atomic E-state index is 0.0258. The molecule has 0 aromatic carbocycles. The van der Waals surface area contributed by atoms with Crippen LogP contribution in [0.5, 0.6) is 0 Å². The van der Waals surface area contributed by atoms with Crippen molar-refractivity contribution in [2.45, 2.75) is 60.0 Å². The number of aromatic nitrogens is 1. The van der Waals surface area contributed by atoms with Gasteiger partial charge in [0.25, 0.3) is 0 Å². The van der Waals surface area contributed by atoms with Crippen molar-refractivity contribution in [3.8, 4) is 0 Å². The molecular formula is C23H37N5O4. The topological polar surface area (TPSA) is 104 Å². The normalized spacial score (nSPS) is 14.7. The Hall–Kier alpha value is -2.84. The van der Waals surface area contributed by atoms with Crippen molar-refractivity contribution in [1.82, 2.24) is 15.2 Å². The molecule has 178 valence electrons. The first-order valence-corrected chi connectivity index (χ1v) is 11.1. The summed E-state index contributed by atoms with van der Waals surface area (Å²) >= 11 is 0. The van der Waals surface area contributed by atoms with Crippen LogP contribution in [0.15, 0.2) is 18.3 Å². The molecule has 0 radical (unpaired) electrons. The van der Waals surface area contributed by atoms with E-state index in [0.29, 0.717) is 51.4 Å². The van der Waals surface area contributed by atoms with Crippen LogP contribution in [0.1, 0.15) is 54.4 Å². The summed E-state index contributed by atoms with van der Waals surface area (Å²) in [6.07, 6.45) is 2.31. The lowest BCUT2D eigenvalue weighted by Crippen LogP contribution is -2.50. The lowest BCUT2D eigenvalue weighted by Gasteiger charge is -2.36. The summed E-state index contributed by atoms with van der Waals surface area (Å²) in [6, 6.07) is 3.68. The predicted molar refractivity (Wildman–Crippen MR) is 125 cm³/mol. The Morgan fingerprint density at radius 2 is 1.69 bits per heavy atom. The highest BCUT2D eigenvalue weighted by Crippen LogP contribution is 2.19. The van der Waals surface area contributed by atoms with E-state index >= 15 is 0 Å². The van der Waals surface area contributed by atoms with Crippen LogP contribution in [0, 0.1) is 5.41 Å². The van der Waals surface area contributed by atoms with Gasteiger partial charge >= 0.3 is 6.09 Å². The molecule has 2 rings (SSSR count). The van der Waals surface area contributed by atoms with Crippen LogP contribution in [0.25, 0.3) is 0 Å². The number of nitrogens with zero attached hydrogens (tertiary/aromatic N) is 3. The molecule has 1 aromatic rings. The summed E-state index contributed by atoms with van der Waals surface area (Å²) in [5, 5.41) is 5.62. The number of carbonyl (C=O) groups excluding carboxylic acids is 3. The highest BCUT2D eigenvalue weighted by Gasteiger charge is 2.26. The van der Waals surface area contributed by atoms with Crippen molar-refractivity contribution in [3.05, 3.63) is 18.3 Å². The predicted octanol–water partition coefficient (Wildman–Crippen LogP) is 3.02. The van der Waals surface area contributed by atoms with Crippen LogP contribution >= 0.6 is 0 Å². The van der Waals surface area contributed by atoms with Gasteiger partial charge in [-0.1, -0.05) is 20.8 Å². The number of rotatable bonds is 6. The summed E-state index contributed by atoms with van der Waals surface area (Å²) in [4.78, 5) is 44.3. The Kier molecular flexibility index (Phi) is 8.46. The molecule has 0 aliphatic carbocycles. The molecule has 1 aromatic heterocycles. The van der Waals surface area contributed by atoms with Gasteiger partial charge in [0.1, 0.15) is 11.4 Å². The van der Waals surface area contributed by atoms with Crippen LogP contribution in [0.2, 0.25) is 0 Å². The lowest BCUT2D eigenvalue weighted by atomic mass is 9.96. The van der Waals surface area contributed by atoms with E-state index < -0.39 is 11.0 Å². The quantitative estimate of drug-likeness (QED) is 0.650. The van der Waals surface area contributed by atoms with Gasteiger partial charge in [-0.3, -0.25) is 9.59 Å². The highest BCUT2D eigenvalue weighted by molar-refractivity contribution is 5.89. The summed E-state index contributed by atoms with van der Waals surface area (Å²) in [5.74, 6) is 0.327. The van der Waals surface area contributed by atoms with Gasteiger partial charge in [0.15, 0.2) is 0 Å². The molecule has 1 saturated heterocycles. The largest absolute Gasteiger partial charge is 0.444 e. The molecule has 9 nitrogen and oxygen atoms in total. The molecule has 0 atom stereocenters. The lowest BCUT2D eigenvalue weighted by molar-refractivity contribution is -0.128. The maximum atomic E-state index is 12.2. The molecule has 1 aliphatic rings. The third-order valence-corrected chi connectivity index (χ3v) is 4.86. The second-order valence-electron chi connectivity index (χ2n) is 10.0. The fourth-order valence-electron chi connectivity index (χ4n) is 3.04. The van der Waals surface area contributed by atoms with Gasteiger partial charge in [-0.2, -0.15) is 0 Å². The monoisotopic (exact) mass is 447 g/mol. The summed E-state index contributed by atoms with van der Waals surface area (Å²) < 4.78 is 5.43. The molecule has 9 heteroatoms. The molecule has 0 unspecified atom stereocenters. The molecular weight excluding hydrogens is 410 g/mol. The molecule has 32 heavy (non-hydrogen) atoms. The first kappa shape index (κ1) is 25.4. The van der Waals surface area contributed by atoms with Crippen LogP contribution < -0.4 is 15.5 Å². The van der Waals surface area contributed by atoms with Crippen molar-refractivity contribution < 1.29 is 19.1 Å². The number of hydrogen-bond acceptors (Lipinski definition) is 6. The summed E-state index contributed by atoms with van der Waals surface area (Å²) in [6.45, 7) is 14.1. The Morgan fingerprint density at radius 1 is 1.03 bits per heavy atom. The first-order valence-electron chi connectivity index (χ1n) is 11.1. The van der Waals surface area contributed by atoms with Crippen molar-refractivity contribution in [2.24, 2.45) is 5.41 Å². The van der Waals surface area contributed by atoms with E-state index in [1.807, 2.05) is 47.6 Å². The fraction of sp³-hybridized carbons (Fsp3) is 0.652. The Bertz CT molecular complexity index is 788. The van der Waals surface area contributed by atoms with Gasteiger partial charge in [-0.15, -0.1) is 0 Å².